The van der Waals surface area contributed by atoms with Gasteiger partial charge in [-0.1, -0.05) is 25.1 Å². The molecular formula is C16H21N3. The Morgan fingerprint density at radius 1 is 1.32 bits per heavy atom. The molecule has 19 heavy (non-hydrogen) atoms. The fourth-order valence-electron chi connectivity index (χ4n) is 2.97. The van der Waals surface area contributed by atoms with Gasteiger partial charge in [0.25, 0.3) is 0 Å². The van der Waals surface area contributed by atoms with Crippen molar-refractivity contribution in [1.29, 1.82) is 0 Å². The van der Waals surface area contributed by atoms with Crippen molar-refractivity contribution >= 4 is 16.6 Å². The number of hydrogen-bond acceptors (Lipinski definition) is 3. The SMILES string of the molecule is CN1CCC(C)(CNc2ccnc3ccccc23)C1. The van der Waals surface area contributed by atoms with Gasteiger partial charge in [-0.25, -0.2) is 0 Å². The first-order valence-electron chi connectivity index (χ1n) is 6.93. The average Bonchev–Trinajstić information content (AvgIpc) is 2.77. The predicted octanol–water partition coefficient (Wildman–Crippen LogP) is 2.99. The molecule has 1 saturated heterocycles. The highest BCUT2D eigenvalue weighted by atomic mass is 15.1. The smallest absolute Gasteiger partial charge is 0.0722 e. The van der Waals surface area contributed by atoms with Crippen LogP contribution in [0.25, 0.3) is 10.9 Å². The third kappa shape index (κ3) is 2.56. The zero-order chi connectivity index (χ0) is 13.3. The maximum Gasteiger partial charge on any atom is 0.0722 e. The van der Waals surface area contributed by atoms with Crippen molar-refractivity contribution in [3.05, 3.63) is 36.5 Å². The van der Waals surface area contributed by atoms with Crippen LogP contribution in [0.2, 0.25) is 0 Å². The molecule has 1 fully saturated rings. The second-order valence-electron chi connectivity index (χ2n) is 6.03. The van der Waals surface area contributed by atoms with Gasteiger partial charge in [-0.15, -0.1) is 0 Å². The standard InChI is InChI=1S/C16H21N3/c1-16(8-10-19(2)12-16)11-18-15-7-9-17-14-6-4-3-5-13(14)15/h3-7,9H,8,10-12H2,1-2H3,(H,17,18). The number of aromatic nitrogens is 1. The van der Waals surface area contributed by atoms with E-state index in [9.17, 15) is 0 Å². The van der Waals surface area contributed by atoms with Gasteiger partial charge in [0.05, 0.1) is 5.52 Å². The molecule has 1 aromatic carbocycles. The fourth-order valence-corrected chi connectivity index (χ4v) is 2.97. The summed E-state index contributed by atoms with van der Waals surface area (Å²) < 4.78 is 0. The summed E-state index contributed by atoms with van der Waals surface area (Å²) in [6.45, 7) is 5.76. The Labute approximate surface area is 114 Å². The van der Waals surface area contributed by atoms with Gasteiger partial charge in [-0.3, -0.25) is 4.98 Å². The number of para-hydroxylation sites is 1. The molecule has 1 atom stereocenters. The van der Waals surface area contributed by atoms with Gasteiger partial charge in [0.2, 0.25) is 0 Å². The quantitative estimate of drug-likeness (QED) is 0.914. The number of pyridine rings is 1. The maximum atomic E-state index is 4.40. The van der Waals surface area contributed by atoms with Gasteiger partial charge < -0.3 is 10.2 Å². The molecule has 2 heterocycles. The molecule has 1 aromatic heterocycles. The third-order valence-electron chi connectivity index (χ3n) is 4.10. The lowest BCUT2D eigenvalue weighted by atomic mass is 9.89. The van der Waals surface area contributed by atoms with E-state index >= 15 is 0 Å². The minimum atomic E-state index is 0.374. The van der Waals surface area contributed by atoms with E-state index in [4.69, 9.17) is 0 Å². The highest BCUT2D eigenvalue weighted by Crippen LogP contribution is 2.30. The summed E-state index contributed by atoms with van der Waals surface area (Å²) in [6, 6.07) is 10.4. The van der Waals surface area contributed by atoms with E-state index in [1.165, 1.54) is 30.6 Å². The molecule has 0 aliphatic carbocycles. The molecule has 3 nitrogen and oxygen atoms in total. The first kappa shape index (κ1) is 12.4. The van der Waals surface area contributed by atoms with Crippen molar-refractivity contribution in [2.24, 2.45) is 5.41 Å². The normalized spacial score (nSPS) is 23.9. The number of nitrogens with zero attached hydrogens (tertiary/aromatic N) is 2. The molecule has 2 aromatic rings. The van der Waals surface area contributed by atoms with E-state index in [-0.39, 0.29) is 0 Å². The largest absolute Gasteiger partial charge is 0.384 e. The number of nitrogens with one attached hydrogen (secondary N) is 1. The van der Waals surface area contributed by atoms with Crippen LogP contribution < -0.4 is 5.32 Å². The van der Waals surface area contributed by atoms with Gasteiger partial charge >= 0.3 is 0 Å². The van der Waals surface area contributed by atoms with Crippen molar-refractivity contribution in [2.75, 3.05) is 32.0 Å². The van der Waals surface area contributed by atoms with Gasteiger partial charge in [-0.2, -0.15) is 0 Å². The number of rotatable bonds is 3. The fraction of sp³-hybridized carbons (Fsp3) is 0.438. The molecule has 1 aliphatic heterocycles. The van der Waals surface area contributed by atoms with Crippen LogP contribution >= 0.6 is 0 Å². The first-order chi connectivity index (χ1) is 9.16. The van der Waals surface area contributed by atoms with Crippen molar-refractivity contribution in [3.8, 4) is 0 Å². The minimum Gasteiger partial charge on any atom is -0.384 e. The van der Waals surface area contributed by atoms with Crippen LogP contribution in [0.5, 0.6) is 0 Å². The van der Waals surface area contributed by atoms with Crippen LogP contribution in [0.15, 0.2) is 36.5 Å². The van der Waals surface area contributed by atoms with E-state index in [0.717, 1.165) is 12.1 Å². The number of fused-ring (bicyclic) bond motifs is 1. The van der Waals surface area contributed by atoms with Gasteiger partial charge in [0, 0.05) is 30.4 Å². The van der Waals surface area contributed by atoms with Crippen LogP contribution in [-0.4, -0.2) is 36.6 Å². The molecule has 1 N–H and O–H groups in total. The predicted molar refractivity (Wildman–Crippen MR) is 80.5 cm³/mol. The minimum absolute atomic E-state index is 0.374. The van der Waals surface area contributed by atoms with Gasteiger partial charge in [0.15, 0.2) is 0 Å². The Morgan fingerprint density at radius 2 is 2.16 bits per heavy atom. The zero-order valence-corrected chi connectivity index (χ0v) is 11.7. The van der Waals surface area contributed by atoms with Crippen molar-refractivity contribution in [3.63, 3.8) is 0 Å². The molecule has 3 heteroatoms. The Balaban J connectivity index is 1.79. The lowest BCUT2D eigenvalue weighted by molar-refractivity contribution is 0.325. The summed E-state index contributed by atoms with van der Waals surface area (Å²) in [6.07, 6.45) is 3.15. The molecule has 1 unspecified atom stereocenters. The van der Waals surface area contributed by atoms with Crippen LogP contribution in [0.4, 0.5) is 5.69 Å². The van der Waals surface area contributed by atoms with Crippen LogP contribution in [0.3, 0.4) is 0 Å². The van der Waals surface area contributed by atoms with Gasteiger partial charge in [-0.05, 0) is 37.6 Å². The van der Waals surface area contributed by atoms with Gasteiger partial charge in [0.1, 0.15) is 0 Å². The highest BCUT2D eigenvalue weighted by molar-refractivity contribution is 5.90. The average molecular weight is 255 g/mol. The Morgan fingerprint density at radius 3 is 2.95 bits per heavy atom. The van der Waals surface area contributed by atoms with E-state index in [1.54, 1.807) is 0 Å². The number of likely N-dealkylation sites (tertiary alicyclic amines) is 1. The second kappa shape index (κ2) is 4.82. The topological polar surface area (TPSA) is 28.2 Å². The Bertz CT molecular complexity index is 576. The summed E-state index contributed by atoms with van der Waals surface area (Å²) in [4.78, 5) is 6.81. The van der Waals surface area contributed by atoms with Crippen molar-refractivity contribution < 1.29 is 0 Å². The first-order valence-corrected chi connectivity index (χ1v) is 6.93. The number of anilines is 1. The summed E-state index contributed by atoms with van der Waals surface area (Å²) >= 11 is 0. The summed E-state index contributed by atoms with van der Waals surface area (Å²) in [7, 11) is 2.20. The third-order valence-corrected chi connectivity index (χ3v) is 4.10. The van der Waals surface area contributed by atoms with E-state index in [0.29, 0.717) is 5.41 Å². The van der Waals surface area contributed by atoms with Crippen molar-refractivity contribution in [2.45, 2.75) is 13.3 Å². The van der Waals surface area contributed by atoms with E-state index < -0.39 is 0 Å². The molecule has 0 saturated carbocycles. The molecule has 3 rings (SSSR count). The molecule has 0 spiro atoms. The lowest BCUT2D eigenvalue weighted by Gasteiger charge is -2.25. The van der Waals surface area contributed by atoms with Crippen LogP contribution in [0, 0.1) is 5.41 Å². The Kier molecular flexibility index (Phi) is 3.15. The monoisotopic (exact) mass is 255 g/mol. The number of hydrogen-bond donors (Lipinski definition) is 1. The van der Waals surface area contributed by atoms with E-state index in [2.05, 4.69) is 53.4 Å². The zero-order valence-electron chi connectivity index (χ0n) is 11.7. The number of benzene rings is 1. The van der Waals surface area contributed by atoms with Crippen LogP contribution in [0.1, 0.15) is 13.3 Å². The van der Waals surface area contributed by atoms with Crippen LogP contribution in [-0.2, 0) is 0 Å². The summed E-state index contributed by atoms with van der Waals surface area (Å²) in [5.74, 6) is 0. The van der Waals surface area contributed by atoms with Crippen molar-refractivity contribution in [1.82, 2.24) is 9.88 Å². The molecule has 0 radical (unpaired) electrons. The highest BCUT2D eigenvalue weighted by Gasteiger charge is 2.31. The summed E-state index contributed by atoms with van der Waals surface area (Å²) in [5.41, 5.74) is 2.63. The lowest BCUT2D eigenvalue weighted by Crippen LogP contribution is -2.29. The Hall–Kier alpha value is -1.61. The molecule has 0 bridgehead atoms. The summed E-state index contributed by atoms with van der Waals surface area (Å²) in [5, 5.41) is 4.83. The molecule has 0 amide bonds. The molecule has 100 valence electrons. The maximum absolute atomic E-state index is 4.40. The van der Waals surface area contributed by atoms with E-state index in [1.807, 2.05) is 12.3 Å². The second-order valence-corrected chi connectivity index (χ2v) is 6.03. The molecular weight excluding hydrogens is 234 g/mol. The molecule has 1 aliphatic rings.